The Morgan fingerprint density at radius 1 is 1.10 bits per heavy atom. The van der Waals surface area contributed by atoms with Gasteiger partial charge >= 0.3 is 0 Å². The van der Waals surface area contributed by atoms with Crippen LogP contribution in [0, 0.1) is 0 Å². The first-order chi connectivity index (χ1) is 14.7. The molecule has 0 unspecified atom stereocenters. The first-order valence-electron chi connectivity index (χ1n) is 11.7. The summed E-state index contributed by atoms with van der Waals surface area (Å²) >= 11 is 0. The zero-order valence-corrected chi connectivity index (χ0v) is 21.2. The van der Waals surface area contributed by atoms with Crippen LogP contribution in [0.25, 0.3) is 0 Å². The zero-order chi connectivity index (χ0) is 21.0. The van der Waals surface area contributed by atoms with Crippen molar-refractivity contribution >= 4 is 35.8 Å². The van der Waals surface area contributed by atoms with Crippen molar-refractivity contribution in [2.45, 2.75) is 77.5 Å². The number of guanidine groups is 1. The zero-order valence-electron chi connectivity index (χ0n) is 18.9. The molecule has 0 atom stereocenters. The van der Waals surface area contributed by atoms with Crippen molar-refractivity contribution in [2.75, 3.05) is 26.2 Å². The van der Waals surface area contributed by atoms with Crippen LogP contribution in [0.15, 0.2) is 29.3 Å². The number of ether oxygens (including phenoxy) is 1. The van der Waals surface area contributed by atoms with Crippen molar-refractivity contribution in [1.82, 2.24) is 15.5 Å². The Morgan fingerprint density at radius 2 is 1.84 bits per heavy atom. The maximum Gasteiger partial charge on any atom is 0.222 e. The molecule has 2 fully saturated rings. The number of amides is 1. The van der Waals surface area contributed by atoms with Crippen LogP contribution in [0.3, 0.4) is 0 Å². The normalized spacial score (nSPS) is 17.5. The van der Waals surface area contributed by atoms with Gasteiger partial charge in [0.15, 0.2) is 5.96 Å². The molecule has 174 valence electrons. The standard InChI is InChI=1S/C24H38N4O2.HI/c1-2-25-24(26-15-7-17-30-22-8-4-3-5-9-22)27-18-20-11-13-21(14-12-20)19-28-16-6-10-23(28)29;/h11-14,22H,2-10,15-19H2,1H3,(H2,25,26,27);1H. The summed E-state index contributed by atoms with van der Waals surface area (Å²) in [6, 6.07) is 8.45. The Morgan fingerprint density at radius 3 is 2.52 bits per heavy atom. The van der Waals surface area contributed by atoms with Crippen molar-refractivity contribution in [3.05, 3.63) is 35.4 Å². The van der Waals surface area contributed by atoms with Crippen LogP contribution in [0.2, 0.25) is 0 Å². The lowest BCUT2D eigenvalue weighted by atomic mass is 9.98. The second-order valence-corrected chi connectivity index (χ2v) is 8.34. The fraction of sp³-hybridized carbons (Fsp3) is 0.667. The number of hydrogen-bond donors (Lipinski definition) is 2. The Bertz CT molecular complexity index is 675. The number of nitrogens with zero attached hydrogens (tertiary/aromatic N) is 2. The lowest BCUT2D eigenvalue weighted by molar-refractivity contribution is -0.128. The fourth-order valence-corrected chi connectivity index (χ4v) is 4.11. The summed E-state index contributed by atoms with van der Waals surface area (Å²) in [5.74, 6) is 1.12. The number of likely N-dealkylation sites (tertiary alicyclic amines) is 1. The van der Waals surface area contributed by atoms with E-state index in [1.807, 2.05) is 4.90 Å². The lowest BCUT2D eigenvalue weighted by Crippen LogP contribution is -2.38. The summed E-state index contributed by atoms with van der Waals surface area (Å²) < 4.78 is 5.99. The Balaban J connectivity index is 0.00000341. The second kappa shape index (κ2) is 14.7. The molecule has 1 aromatic rings. The third-order valence-electron chi connectivity index (χ3n) is 5.85. The SMILES string of the molecule is CCNC(=NCc1ccc(CN2CCCC2=O)cc1)NCCCOC1CCCCC1.I. The highest BCUT2D eigenvalue weighted by Crippen LogP contribution is 2.20. The number of benzene rings is 1. The van der Waals surface area contributed by atoms with Gasteiger partial charge in [-0.05, 0) is 43.7 Å². The molecule has 1 amide bonds. The highest BCUT2D eigenvalue weighted by atomic mass is 127. The summed E-state index contributed by atoms with van der Waals surface area (Å²) in [7, 11) is 0. The first kappa shape index (κ1) is 25.9. The molecule has 1 aliphatic heterocycles. The average molecular weight is 543 g/mol. The van der Waals surface area contributed by atoms with Crippen molar-refractivity contribution in [1.29, 1.82) is 0 Å². The maximum absolute atomic E-state index is 11.8. The molecule has 2 aliphatic rings. The minimum Gasteiger partial charge on any atom is -0.378 e. The number of nitrogens with one attached hydrogen (secondary N) is 2. The molecule has 1 aliphatic carbocycles. The van der Waals surface area contributed by atoms with Crippen molar-refractivity contribution in [2.24, 2.45) is 4.99 Å². The Kier molecular flexibility index (Phi) is 12.3. The van der Waals surface area contributed by atoms with Gasteiger partial charge < -0.3 is 20.3 Å². The van der Waals surface area contributed by atoms with Gasteiger partial charge in [-0.3, -0.25) is 4.79 Å². The van der Waals surface area contributed by atoms with E-state index in [-0.39, 0.29) is 29.9 Å². The summed E-state index contributed by atoms with van der Waals surface area (Å²) in [6.07, 6.45) is 9.60. The van der Waals surface area contributed by atoms with E-state index in [9.17, 15) is 4.79 Å². The molecular weight excluding hydrogens is 503 g/mol. The molecule has 0 aromatic heterocycles. The summed E-state index contributed by atoms with van der Waals surface area (Å²) in [4.78, 5) is 18.4. The Labute approximate surface area is 204 Å². The van der Waals surface area contributed by atoms with Gasteiger partial charge in [0.1, 0.15) is 0 Å². The topological polar surface area (TPSA) is 66.0 Å². The van der Waals surface area contributed by atoms with Crippen LogP contribution in [-0.4, -0.2) is 49.1 Å². The molecule has 3 rings (SSSR count). The molecule has 0 radical (unpaired) electrons. The third-order valence-corrected chi connectivity index (χ3v) is 5.85. The molecule has 7 heteroatoms. The molecule has 2 N–H and O–H groups in total. The smallest absolute Gasteiger partial charge is 0.222 e. The van der Waals surface area contributed by atoms with Crippen LogP contribution >= 0.6 is 24.0 Å². The van der Waals surface area contributed by atoms with Crippen molar-refractivity contribution in [3.8, 4) is 0 Å². The largest absolute Gasteiger partial charge is 0.378 e. The Hall–Kier alpha value is -1.35. The average Bonchev–Trinajstić information content (AvgIpc) is 3.18. The van der Waals surface area contributed by atoms with E-state index in [2.05, 4.69) is 41.8 Å². The van der Waals surface area contributed by atoms with Crippen LogP contribution in [-0.2, 0) is 22.6 Å². The molecule has 31 heavy (non-hydrogen) atoms. The monoisotopic (exact) mass is 542 g/mol. The van der Waals surface area contributed by atoms with Gasteiger partial charge in [-0.2, -0.15) is 0 Å². The molecule has 1 heterocycles. The minimum atomic E-state index is 0. The summed E-state index contributed by atoms with van der Waals surface area (Å²) in [5, 5.41) is 6.72. The predicted molar refractivity (Wildman–Crippen MR) is 137 cm³/mol. The molecule has 0 bridgehead atoms. The van der Waals surface area contributed by atoms with Gasteiger partial charge in [0.25, 0.3) is 0 Å². The van der Waals surface area contributed by atoms with E-state index >= 15 is 0 Å². The van der Waals surface area contributed by atoms with E-state index in [1.54, 1.807) is 0 Å². The predicted octanol–water partition coefficient (Wildman–Crippen LogP) is 4.22. The molecule has 1 saturated carbocycles. The first-order valence-corrected chi connectivity index (χ1v) is 11.7. The van der Waals surface area contributed by atoms with Crippen LogP contribution < -0.4 is 10.6 Å². The maximum atomic E-state index is 11.8. The van der Waals surface area contributed by atoms with Gasteiger partial charge in [0, 0.05) is 39.2 Å². The minimum absolute atomic E-state index is 0. The molecular formula is C24H39IN4O2. The van der Waals surface area contributed by atoms with E-state index in [0.29, 0.717) is 19.1 Å². The number of rotatable bonds is 10. The number of carbonyl (C=O) groups excluding carboxylic acids is 1. The van der Waals surface area contributed by atoms with Crippen LogP contribution in [0.1, 0.15) is 69.4 Å². The van der Waals surface area contributed by atoms with Gasteiger partial charge in [-0.25, -0.2) is 4.99 Å². The lowest BCUT2D eigenvalue weighted by Gasteiger charge is -2.22. The van der Waals surface area contributed by atoms with Crippen molar-refractivity contribution < 1.29 is 9.53 Å². The second-order valence-electron chi connectivity index (χ2n) is 8.34. The summed E-state index contributed by atoms with van der Waals surface area (Å²) in [5.41, 5.74) is 2.35. The van der Waals surface area contributed by atoms with Crippen LogP contribution in [0.5, 0.6) is 0 Å². The van der Waals surface area contributed by atoms with Crippen LogP contribution in [0.4, 0.5) is 0 Å². The quantitative estimate of drug-likeness (QED) is 0.201. The summed E-state index contributed by atoms with van der Waals surface area (Å²) in [6.45, 7) is 6.84. The van der Waals surface area contributed by atoms with Gasteiger partial charge in [0.2, 0.25) is 5.91 Å². The number of aliphatic imine (C=N–C) groups is 1. The highest BCUT2D eigenvalue weighted by Gasteiger charge is 2.19. The molecule has 1 aromatic carbocycles. The van der Waals surface area contributed by atoms with Gasteiger partial charge in [-0.15, -0.1) is 24.0 Å². The number of hydrogen-bond acceptors (Lipinski definition) is 3. The van der Waals surface area contributed by atoms with E-state index in [4.69, 9.17) is 9.73 Å². The number of carbonyl (C=O) groups is 1. The number of halogens is 1. The van der Waals surface area contributed by atoms with Gasteiger partial charge in [0.05, 0.1) is 12.6 Å². The molecule has 6 nitrogen and oxygen atoms in total. The van der Waals surface area contributed by atoms with E-state index in [1.165, 1.54) is 43.2 Å². The molecule has 1 saturated heterocycles. The fourth-order valence-electron chi connectivity index (χ4n) is 4.11. The van der Waals surface area contributed by atoms with E-state index < -0.39 is 0 Å². The van der Waals surface area contributed by atoms with E-state index in [0.717, 1.165) is 51.6 Å². The third kappa shape index (κ3) is 9.35. The van der Waals surface area contributed by atoms with Crippen molar-refractivity contribution in [3.63, 3.8) is 0 Å². The van der Waals surface area contributed by atoms with Gasteiger partial charge in [-0.1, -0.05) is 43.5 Å². The molecule has 0 spiro atoms. The highest BCUT2D eigenvalue weighted by molar-refractivity contribution is 14.0.